The van der Waals surface area contributed by atoms with Gasteiger partial charge in [0, 0.05) is 18.6 Å². The fourth-order valence-corrected chi connectivity index (χ4v) is 1.19. The van der Waals surface area contributed by atoms with Crippen molar-refractivity contribution in [3.63, 3.8) is 0 Å². The van der Waals surface area contributed by atoms with Crippen molar-refractivity contribution in [1.82, 2.24) is 5.16 Å². The normalized spacial score (nSPS) is 8.50. The first-order chi connectivity index (χ1) is 8.77. The Kier molecular flexibility index (Phi) is 8.20. The molecule has 0 atom stereocenters. The fraction of sp³-hybridized carbons (Fsp3) is 0.333. The number of hydrogen-bond donors (Lipinski definition) is 0. The molecule has 0 unspecified atom stereocenters. The Morgan fingerprint density at radius 3 is 2.06 bits per heavy atom. The van der Waals surface area contributed by atoms with Crippen LogP contribution >= 0.6 is 0 Å². The molecule has 2 aromatic rings. The molecule has 98 valence electrons. The maximum Gasteiger partial charge on any atom is 0.202 e. The third-order valence-corrected chi connectivity index (χ3v) is 1.93. The van der Waals surface area contributed by atoms with E-state index in [-0.39, 0.29) is 5.78 Å². The Labute approximate surface area is 109 Å². The van der Waals surface area contributed by atoms with Gasteiger partial charge >= 0.3 is 0 Å². The summed E-state index contributed by atoms with van der Waals surface area (Å²) in [7, 11) is 0. The highest BCUT2D eigenvalue weighted by Crippen LogP contribution is 2.18. The number of carbonyl (C=O) groups excluding carboxylic acids is 1. The number of benzene rings is 1. The molecule has 1 heterocycles. The number of carbonyl (C=O) groups is 1. The summed E-state index contributed by atoms with van der Waals surface area (Å²) in [5.41, 5.74) is 1.64. The topological polar surface area (TPSA) is 43.1 Å². The molecular formula is C15H21NO2. The van der Waals surface area contributed by atoms with E-state index in [2.05, 4.69) is 5.16 Å². The van der Waals surface area contributed by atoms with Crippen molar-refractivity contribution >= 4 is 5.78 Å². The molecule has 0 amide bonds. The van der Waals surface area contributed by atoms with Gasteiger partial charge in [0.1, 0.15) is 5.69 Å². The Bertz CT molecular complexity index is 447. The van der Waals surface area contributed by atoms with Gasteiger partial charge in [0.05, 0.1) is 0 Å². The Hall–Kier alpha value is -1.90. The lowest BCUT2D eigenvalue weighted by atomic mass is 10.1. The number of hydrogen-bond acceptors (Lipinski definition) is 3. The quantitative estimate of drug-likeness (QED) is 0.728. The van der Waals surface area contributed by atoms with Gasteiger partial charge in [-0.25, -0.2) is 0 Å². The first-order valence-electron chi connectivity index (χ1n) is 6.30. The lowest BCUT2D eigenvalue weighted by molar-refractivity contribution is 0.0978. The first-order valence-corrected chi connectivity index (χ1v) is 6.30. The van der Waals surface area contributed by atoms with E-state index in [4.69, 9.17) is 4.52 Å². The largest absolute Gasteiger partial charge is 0.353 e. The summed E-state index contributed by atoms with van der Waals surface area (Å²) >= 11 is 0. The molecule has 3 nitrogen and oxygen atoms in total. The van der Waals surface area contributed by atoms with E-state index in [1.54, 1.807) is 6.07 Å². The minimum Gasteiger partial charge on any atom is -0.353 e. The van der Waals surface area contributed by atoms with E-state index in [1.807, 2.05) is 58.0 Å². The van der Waals surface area contributed by atoms with Gasteiger partial charge in [-0.1, -0.05) is 63.2 Å². The van der Waals surface area contributed by atoms with Crippen LogP contribution in [-0.2, 0) is 0 Å². The van der Waals surface area contributed by atoms with Crippen LogP contribution in [0, 0.1) is 0 Å². The summed E-state index contributed by atoms with van der Waals surface area (Å²) in [5.74, 6) is 0.184. The van der Waals surface area contributed by atoms with Crippen molar-refractivity contribution in [1.29, 1.82) is 0 Å². The Morgan fingerprint density at radius 2 is 1.61 bits per heavy atom. The van der Waals surface area contributed by atoms with Crippen LogP contribution in [0.25, 0.3) is 11.3 Å². The van der Waals surface area contributed by atoms with Crippen LogP contribution in [0.15, 0.2) is 40.9 Å². The van der Waals surface area contributed by atoms with E-state index < -0.39 is 0 Å². The van der Waals surface area contributed by atoms with Crippen LogP contribution in [0.3, 0.4) is 0 Å². The van der Waals surface area contributed by atoms with Gasteiger partial charge in [-0.05, 0) is 0 Å². The zero-order chi connectivity index (χ0) is 14.0. The molecule has 0 aliphatic carbocycles. The van der Waals surface area contributed by atoms with Gasteiger partial charge in [0.2, 0.25) is 5.76 Å². The van der Waals surface area contributed by atoms with E-state index in [9.17, 15) is 4.79 Å². The predicted molar refractivity (Wildman–Crippen MR) is 74.6 cm³/mol. The van der Waals surface area contributed by atoms with Gasteiger partial charge in [-0.2, -0.15) is 0 Å². The van der Waals surface area contributed by atoms with E-state index >= 15 is 0 Å². The van der Waals surface area contributed by atoms with Crippen molar-refractivity contribution in [2.45, 2.75) is 34.6 Å². The minimum atomic E-state index is -0.111. The monoisotopic (exact) mass is 247 g/mol. The van der Waals surface area contributed by atoms with Gasteiger partial charge in [-0.3, -0.25) is 4.79 Å². The van der Waals surface area contributed by atoms with Crippen molar-refractivity contribution in [3.05, 3.63) is 42.2 Å². The second-order valence-corrected chi connectivity index (χ2v) is 3.00. The van der Waals surface area contributed by atoms with Crippen LogP contribution in [-0.4, -0.2) is 10.9 Å². The second-order valence-electron chi connectivity index (χ2n) is 3.00. The Morgan fingerprint density at radius 1 is 1.06 bits per heavy atom. The molecule has 0 aliphatic rings. The summed E-state index contributed by atoms with van der Waals surface area (Å²) in [6.07, 6.45) is 0. The Balaban J connectivity index is 0.000000659. The molecular weight excluding hydrogens is 226 g/mol. The highest BCUT2D eigenvalue weighted by molar-refractivity contribution is 5.92. The molecule has 18 heavy (non-hydrogen) atoms. The van der Waals surface area contributed by atoms with E-state index in [1.165, 1.54) is 6.92 Å². The first kappa shape index (κ1) is 16.1. The van der Waals surface area contributed by atoms with Gasteiger partial charge in [-0.15, -0.1) is 0 Å². The number of nitrogens with zero attached hydrogens (tertiary/aromatic N) is 1. The standard InChI is InChI=1S/C11H9NO2.2C2H6/c1-8(13)11-7-10(12-14-11)9-5-3-2-4-6-9;2*1-2/h2-7H,1H3;2*1-2H3. The SMILES string of the molecule is CC.CC.CC(=O)c1cc(-c2ccccc2)no1. The molecule has 3 heteroatoms. The average Bonchev–Trinajstić information content (AvgIpc) is 2.94. The molecule has 0 aliphatic heterocycles. The molecule has 0 spiro atoms. The molecule has 0 bridgehead atoms. The summed E-state index contributed by atoms with van der Waals surface area (Å²) in [4.78, 5) is 11.0. The van der Waals surface area contributed by atoms with E-state index in [0.29, 0.717) is 11.5 Å². The van der Waals surface area contributed by atoms with Gasteiger partial charge in [0.25, 0.3) is 0 Å². The van der Waals surface area contributed by atoms with E-state index in [0.717, 1.165) is 5.56 Å². The molecule has 0 saturated carbocycles. The summed E-state index contributed by atoms with van der Waals surface area (Å²) < 4.78 is 4.88. The highest BCUT2D eigenvalue weighted by Gasteiger charge is 2.08. The zero-order valence-corrected chi connectivity index (χ0v) is 11.7. The van der Waals surface area contributed by atoms with Crippen molar-refractivity contribution in [2.24, 2.45) is 0 Å². The summed E-state index contributed by atoms with van der Waals surface area (Å²) in [6.45, 7) is 9.45. The van der Waals surface area contributed by atoms with Crippen LogP contribution in [0.4, 0.5) is 0 Å². The van der Waals surface area contributed by atoms with Crippen molar-refractivity contribution in [3.8, 4) is 11.3 Å². The summed E-state index contributed by atoms with van der Waals surface area (Å²) in [6, 6.07) is 11.2. The molecule has 0 N–H and O–H groups in total. The summed E-state index contributed by atoms with van der Waals surface area (Å²) in [5, 5.41) is 3.81. The lowest BCUT2D eigenvalue weighted by Gasteiger charge is -1.91. The molecule has 1 aromatic carbocycles. The van der Waals surface area contributed by atoms with Gasteiger partial charge in [0.15, 0.2) is 5.78 Å². The fourth-order valence-electron chi connectivity index (χ4n) is 1.19. The molecule has 0 saturated heterocycles. The molecule has 0 fully saturated rings. The van der Waals surface area contributed by atoms with Crippen LogP contribution < -0.4 is 0 Å². The number of rotatable bonds is 2. The molecule has 2 rings (SSSR count). The third-order valence-electron chi connectivity index (χ3n) is 1.93. The molecule has 0 radical (unpaired) electrons. The number of ketones is 1. The molecule has 1 aromatic heterocycles. The zero-order valence-electron chi connectivity index (χ0n) is 11.7. The number of Topliss-reactive ketones (excluding diaryl/α,β-unsaturated/α-hetero) is 1. The highest BCUT2D eigenvalue weighted by atomic mass is 16.5. The maximum atomic E-state index is 11.0. The lowest BCUT2D eigenvalue weighted by Crippen LogP contribution is -1.86. The minimum absolute atomic E-state index is 0.111. The van der Waals surface area contributed by atoms with Crippen LogP contribution in [0.1, 0.15) is 45.2 Å². The van der Waals surface area contributed by atoms with Crippen LogP contribution in [0.5, 0.6) is 0 Å². The number of aromatic nitrogens is 1. The van der Waals surface area contributed by atoms with Gasteiger partial charge < -0.3 is 4.52 Å². The van der Waals surface area contributed by atoms with Crippen LogP contribution in [0.2, 0.25) is 0 Å². The van der Waals surface area contributed by atoms with Crippen molar-refractivity contribution < 1.29 is 9.32 Å². The average molecular weight is 247 g/mol. The van der Waals surface area contributed by atoms with Crippen molar-refractivity contribution in [2.75, 3.05) is 0 Å². The predicted octanol–water partition coefficient (Wildman–Crippen LogP) is 4.60. The second kappa shape index (κ2) is 9.16. The third kappa shape index (κ3) is 4.53. The maximum absolute atomic E-state index is 11.0. The smallest absolute Gasteiger partial charge is 0.202 e.